The van der Waals surface area contributed by atoms with Crippen LogP contribution >= 0.6 is 0 Å². The second kappa shape index (κ2) is 11.4. The predicted octanol–water partition coefficient (Wildman–Crippen LogP) is 5.33. The SMILES string of the molecule is C=CC[C@H]1CN(C[C@H](O)c2ccnc3ccc(OC)cc23)CC[C@]12CN(C1=COC=C(C3=CC=CCC3)O1)C(=O)O2. The van der Waals surface area contributed by atoms with Crippen molar-refractivity contribution in [3.05, 3.63) is 96.6 Å². The number of pyridine rings is 1. The van der Waals surface area contributed by atoms with E-state index in [-0.39, 0.29) is 5.92 Å². The van der Waals surface area contributed by atoms with Crippen molar-refractivity contribution in [1.29, 1.82) is 0 Å². The first-order valence-corrected chi connectivity index (χ1v) is 14.0. The molecule has 4 heterocycles. The van der Waals surface area contributed by atoms with Crippen LogP contribution in [0.4, 0.5) is 4.79 Å². The number of ether oxygens (including phenoxy) is 4. The number of aromatic nitrogens is 1. The number of hydrogen-bond donors (Lipinski definition) is 1. The number of aliphatic hydroxyl groups is 1. The summed E-state index contributed by atoms with van der Waals surface area (Å²) >= 11 is 0. The van der Waals surface area contributed by atoms with Crippen LogP contribution in [0.1, 0.15) is 37.4 Å². The van der Waals surface area contributed by atoms with Gasteiger partial charge in [-0.1, -0.05) is 24.3 Å². The Kier molecular flexibility index (Phi) is 7.55. The van der Waals surface area contributed by atoms with Gasteiger partial charge in [0, 0.05) is 43.6 Å². The van der Waals surface area contributed by atoms with Crippen molar-refractivity contribution in [2.45, 2.75) is 37.4 Å². The molecule has 2 fully saturated rings. The lowest BCUT2D eigenvalue weighted by atomic mass is 9.78. The van der Waals surface area contributed by atoms with Gasteiger partial charge in [-0.3, -0.25) is 9.88 Å². The van der Waals surface area contributed by atoms with E-state index in [0.29, 0.717) is 50.7 Å². The maximum atomic E-state index is 13.2. The highest BCUT2D eigenvalue weighted by Gasteiger charge is 2.54. The molecule has 41 heavy (non-hydrogen) atoms. The van der Waals surface area contributed by atoms with Crippen LogP contribution in [0.3, 0.4) is 0 Å². The van der Waals surface area contributed by atoms with E-state index in [2.05, 4.69) is 22.5 Å². The third-order valence-corrected chi connectivity index (χ3v) is 8.39. The van der Waals surface area contributed by atoms with E-state index >= 15 is 0 Å². The Bertz CT molecular complexity index is 1460. The largest absolute Gasteiger partial charge is 0.497 e. The summed E-state index contributed by atoms with van der Waals surface area (Å²) < 4.78 is 23.2. The van der Waals surface area contributed by atoms with E-state index in [1.807, 2.05) is 42.5 Å². The molecule has 9 heteroatoms. The van der Waals surface area contributed by atoms with Gasteiger partial charge in [-0.2, -0.15) is 0 Å². The lowest BCUT2D eigenvalue weighted by Gasteiger charge is -2.44. The number of methoxy groups -OCH3 is 1. The molecule has 1 aromatic heterocycles. The Balaban J connectivity index is 1.15. The average Bonchev–Trinajstić information content (AvgIpc) is 3.35. The zero-order valence-corrected chi connectivity index (χ0v) is 23.2. The summed E-state index contributed by atoms with van der Waals surface area (Å²) in [7, 11) is 1.62. The summed E-state index contributed by atoms with van der Waals surface area (Å²) in [5.41, 5.74) is 1.95. The third-order valence-electron chi connectivity index (χ3n) is 8.39. The molecular weight excluding hydrogens is 522 g/mol. The molecule has 1 aliphatic carbocycles. The summed E-state index contributed by atoms with van der Waals surface area (Å²) in [6.45, 7) is 6.08. The fourth-order valence-electron chi connectivity index (χ4n) is 6.17. The average molecular weight is 558 g/mol. The summed E-state index contributed by atoms with van der Waals surface area (Å²) in [6, 6.07) is 7.53. The standard InChI is InChI=1S/C32H35N3O6/c1-3-7-23-17-34(18-28(36)25-12-14-33-27-11-10-24(38-2)16-26(25)27)15-13-32(23)21-35(31(37)41-32)30-20-39-19-29(40-30)22-8-5-4-6-9-22/h3-5,8,10-12,14,16,19-20,23,28,36H,1,6-7,9,13,15,17-18,21H2,2H3/t23-,28-,32-/m0/s1. The molecule has 1 N–H and O–H groups in total. The lowest BCUT2D eigenvalue weighted by Crippen LogP contribution is -2.54. The Morgan fingerprint density at radius 1 is 1.32 bits per heavy atom. The topological polar surface area (TPSA) is 93.6 Å². The third kappa shape index (κ3) is 5.35. The maximum absolute atomic E-state index is 13.2. The summed E-state index contributed by atoms with van der Waals surface area (Å²) in [4.78, 5) is 21.4. The van der Waals surface area contributed by atoms with E-state index in [4.69, 9.17) is 18.9 Å². The van der Waals surface area contributed by atoms with Crippen LogP contribution in [0.25, 0.3) is 10.9 Å². The van der Waals surface area contributed by atoms with Crippen LogP contribution in [-0.2, 0) is 14.2 Å². The van der Waals surface area contributed by atoms with E-state index in [1.165, 1.54) is 11.2 Å². The molecule has 0 radical (unpaired) electrons. The smallest absolute Gasteiger partial charge is 0.417 e. The summed E-state index contributed by atoms with van der Waals surface area (Å²) in [5, 5.41) is 12.2. The molecule has 3 aliphatic heterocycles. The van der Waals surface area contributed by atoms with Crippen molar-refractivity contribution in [3.8, 4) is 5.75 Å². The number of amides is 1. The molecule has 3 atom stereocenters. The Hall–Kier alpha value is -4.08. The minimum absolute atomic E-state index is 0.00418. The molecule has 9 nitrogen and oxygen atoms in total. The maximum Gasteiger partial charge on any atom is 0.417 e. The van der Waals surface area contributed by atoms with Crippen molar-refractivity contribution in [2.75, 3.05) is 33.3 Å². The van der Waals surface area contributed by atoms with Crippen LogP contribution in [-0.4, -0.2) is 64.9 Å². The minimum atomic E-state index is -0.722. The van der Waals surface area contributed by atoms with Crippen molar-refractivity contribution in [3.63, 3.8) is 0 Å². The molecule has 4 aliphatic rings. The second-order valence-electron chi connectivity index (χ2n) is 10.9. The fourth-order valence-corrected chi connectivity index (χ4v) is 6.17. The van der Waals surface area contributed by atoms with Gasteiger partial charge in [0.05, 0.1) is 25.3 Å². The van der Waals surface area contributed by atoms with Crippen molar-refractivity contribution < 1.29 is 28.8 Å². The molecule has 214 valence electrons. The molecule has 6 rings (SSSR count). The van der Waals surface area contributed by atoms with Gasteiger partial charge in [-0.05, 0) is 54.7 Å². The number of fused-ring (bicyclic) bond motifs is 1. The monoisotopic (exact) mass is 557 g/mol. The molecular formula is C32H35N3O6. The Labute approximate surface area is 239 Å². The number of allylic oxidation sites excluding steroid dienone is 5. The first-order valence-electron chi connectivity index (χ1n) is 14.0. The van der Waals surface area contributed by atoms with Crippen LogP contribution in [0.15, 0.2) is 91.1 Å². The highest BCUT2D eigenvalue weighted by Crippen LogP contribution is 2.42. The molecule has 1 aromatic carbocycles. The fraction of sp³-hybridized carbons (Fsp3) is 0.375. The quantitative estimate of drug-likeness (QED) is 0.436. The number of piperidine rings is 1. The van der Waals surface area contributed by atoms with E-state index in [9.17, 15) is 9.90 Å². The molecule has 1 spiro atoms. The predicted molar refractivity (Wildman–Crippen MR) is 153 cm³/mol. The van der Waals surface area contributed by atoms with Crippen molar-refractivity contribution in [2.24, 2.45) is 5.92 Å². The summed E-state index contributed by atoms with van der Waals surface area (Å²) in [6.07, 6.45) is 14.6. The normalized spacial score (nSPS) is 25.1. The Morgan fingerprint density at radius 3 is 3.02 bits per heavy atom. The Morgan fingerprint density at radius 2 is 2.22 bits per heavy atom. The zero-order valence-electron chi connectivity index (χ0n) is 23.2. The van der Waals surface area contributed by atoms with Crippen LogP contribution in [0, 0.1) is 5.92 Å². The molecule has 0 bridgehead atoms. The molecule has 0 unspecified atom stereocenters. The number of carbonyl (C=O) groups excluding carboxylic acids is 1. The van der Waals surface area contributed by atoms with E-state index in [0.717, 1.165) is 40.6 Å². The molecule has 1 amide bonds. The van der Waals surface area contributed by atoms with E-state index in [1.54, 1.807) is 19.6 Å². The number of benzene rings is 1. The number of β-amino-alcohol motifs (C(OH)–C–C–N with tert-alkyl or cyclic N) is 1. The van der Waals surface area contributed by atoms with Gasteiger partial charge in [0.2, 0.25) is 5.88 Å². The lowest BCUT2D eigenvalue weighted by molar-refractivity contribution is -0.0553. The molecule has 2 aromatic rings. The number of likely N-dealkylation sites (tertiary alicyclic amines) is 1. The number of rotatable bonds is 8. The first kappa shape index (κ1) is 27.1. The van der Waals surface area contributed by atoms with Gasteiger partial charge in [-0.25, -0.2) is 9.69 Å². The van der Waals surface area contributed by atoms with Gasteiger partial charge in [-0.15, -0.1) is 6.58 Å². The molecule has 2 saturated heterocycles. The van der Waals surface area contributed by atoms with Gasteiger partial charge >= 0.3 is 6.09 Å². The highest BCUT2D eigenvalue weighted by atomic mass is 16.6. The van der Waals surface area contributed by atoms with Gasteiger partial charge in [0.1, 0.15) is 17.6 Å². The van der Waals surface area contributed by atoms with Crippen LogP contribution < -0.4 is 4.74 Å². The van der Waals surface area contributed by atoms with Crippen LogP contribution in [0.2, 0.25) is 0 Å². The van der Waals surface area contributed by atoms with Crippen molar-refractivity contribution >= 4 is 17.0 Å². The highest BCUT2D eigenvalue weighted by molar-refractivity contribution is 5.83. The second-order valence-corrected chi connectivity index (χ2v) is 10.9. The van der Waals surface area contributed by atoms with E-state index < -0.39 is 17.8 Å². The van der Waals surface area contributed by atoms with Crippen molar-refractivity contribution in [1.82, 2.24) is 14.8 Å². The molecule has 0 saturated carbocycles. The first-order chi connectivity index (χ1) is 20.0. The zero-order chi connectivity index (χ0) is 28.4. The van der Waals surface area contributed by atoms with Gasteiger partial charge in [0.15, 0.2) is 12.0 Å². The number of aliphatic hydroxyl groups excluding tert-OH is 1. The van der Waals surface area contributed by atoms with Gasteiger partial charge < -0.3 is 24.1 Å². The number of hydrogen-bond acceptors (Lipinski definition) is 8. The number of carbonyl (C=O) groups is 1. The van der Waals surface area contributed by atoms with Gasteiger partial charge in [0.25, 0.3) is 0 Å². The number of nitrogens with zero attached hydrogens (tertiary/aromatic N) is 3. The summed E-state index contributed by atoms with van der Waals surface area (Å²) in [5.74, 6) is 1.65. The van der Waals surface area contributed by atoms with Crippen LogP contribution in [0.5, 0.6) is 5.75 Å². The minimum Gasteiger partial charge on any atom is -0.497 e.